The van der Waals surface area contributed by atoms with Gasteiger partial charge in [-0.3, -0.25) is 4.79 Å². The summed E-state index contributed by atoms with van der Waals surface area (Å²) < 4.78 is 38.5. The van der Waals surface area contributed by atoms with Crippen LogP contribution in [0.15, 0.2) is 72.8 Å². The smallest absolute Gasteiger partial charge is 0.381 e. The molecular formula is C25H23F3N2O. The first-order valence-corrected chi connectivity index (χ1v) is 10.2. The number of carbonyl (C=O) groups excluding carboxylic acids is 1. The Hall–Kier alpha value is -3.28. The van der Waals surface area contributed by atoms with Crippen LogP contribution in [0, 0.1) is 0 Å². The summed E-state index contributed by atoms with van der Waals surface area (Å²) in [4.78, 5) is 14.6. The first-order chi connectivity index (χ1) is 14.9. The van der Waals surface area contributed by atoms with Crippen LogP contribution in [0.3, 0.4) is 0 Å². The fraction of sp³-hybridized carbons (Fsp3) is 0.240. The fourth-order valence-electron chi connectivity index (χ4n) is 3.80. The van der Waals surface area contributed by atoms with Crippen molar-refractivity contribution >= 4 is 11.6 Å². The number of hydrogen-bond acceptors (Lipinski definition) is 2. The Balaban J connectivity index is 1.32. The van der Waals surface area contributed by atoms with E-state index in [1.807, 2.05) is 41.3 Å². The lowest BCUT2D eigenvalue weighted by Crippen LogP contribution is -2.36. The van der Waals surface area contributed by atoms with Gasteiger partial charge in [-0.05, 0) is 52.9 Å². The van der Waals surface area contributed by atoms with Crippen LogP contribution < -0.4 is 5.32 Å². The van der Waals surface area contributed by atoms with Crippen molar-refractivity contribution in [2.75, 3.05) is 11.9 Å². The van der Waals surface area contributed by atoms with Crippen molar-refractivity contribution in [1.29, 1.82) is 0 Å². The first kappa shape index (κ1) is 21.0. The minimum absolute atomic E-state index is 0.0965. The fourth-order valence-corrected chi connectivity index (χ4v) is 3.80. The topological polar surface area (TPSA) is 32.3 Å². The van der Waals surface area contributed by atoms with Gasteiger partial charge in [-0.1, -0.05) is 48.5 Å². The van der Waals surface area contributed by atoms with Crippen LogP contribution in [0.4, 0.5) is 18.9 Å². The van der Waals surface area contributed by atoms with Gasteiger partial charge in [0.2, 0.25) is 5.91 Å². The Labute approximate surface area is 179 Å². The second-order valence-corrected chi connectivity index (χ2v) is 7.76. The summed E-state index contributed by atoms with van der Waals surface area (Å²) in [5, 5.41) is 3.13. The van der Waals surface area contributed by atoms with Crippen LogP contribution in [-0.4, -0.2) is 17.4 Å². The molecule has 31 heavy (non-hydrogen) atoms. The molecule has 1 heterocycles. The third-order valence-corrected chi connectivity index (χ3v) is 5.54. The number of amides is 1. The molecule has 3 nitrogen and oxygen atoms in total. The van der Waals surface area contributed by atoms with Gasteiger partial charge in [-0.2, -0.15) is 13.2 Å². The Morgan fingerprint density at radius 2 is 1.65 bits per heavy atom. The summed E-state index contributed by atoms with van der Waals surface area (Å²) in [7, 11) is 0. The Morgan fingerprint density at radius 3 is 2.39 bits per heavy atom. The predicted molar refractivity (Wildman–Crippen MR) is 114 cm³/mol. The quantitative estimate of drug-likeness (QED) is 0.591. The molecule has 0 radical (unpaired) electrons. The Kier molecular flexibility index (Phi) is 5.98. The van der Waals surface area contributed by atoms with Gasteiger partial charge in [0.05, 0.1) is 12.0 Å². The molecule has 1 amide bonds. The molecule has 0 saturated heterocycles. The SMILES string of the molecule is O=C(Cc1ccc(NCc2cccc(C(F)(F)F)c2)cc1)N1CCc2ccccc2C1. The average molecular weight is 424 g/mol. The highest BCUT2D eigenvalue weighted by atomic mass is 19.4. The molecule has 1 aliphatic rings. The van der Waals surface area contributed by atoms with E-state index in [4.69, 9.17) is 0 Å². The minimum atomic E-state index is -4.35. The molecular weight excluding hydrogens is 401 g/mol. The lowest BCUT2D eigenvalue weighted by molar-refractivity contribution is -0.137. The molecule has 0 bridgehead atoms. The molecule has 6 heteroatoms. The second kappa shape index (κ2) is 8.84. The van der Waals surface area contributed by atoms with Crippen LogP contribution >= 0.6 is 0 Å². The molecule has 160 valence electrons. The largest absolute Gasteiger partial charge is 0.416 e. The molecule has 0 aliphatic carbocycles. The lowest BCUT2D eigenvalue weighted by atomic mass is 9.99. The van der Waals surface area contributed by atoms with Gasteiger partial charge in [0.1, 0.15) is 0 Å². The molecule has 0 saturated carbocycles. The molecule has 0 atom stereocenters. The van der Waals surface area contributed by atoms with Gasteiger partial charge in [-0.25, -0.2) is 0 Å². The van der Waals surface area contributed by atoms with Crippen molar-refractivity contribution in [2.45, 2.75) is 32.1 Å². The van der Waals surface area contributed by atoms with Gasteiger partial charge < -0.3 is 10.2 Å². The van der Waals surface area contributed by atoms with Gasteiger partial charge in [-0.15, -0.1) is 0 Å². The zero-order valence-electron chi connectivity index (χ0n) is 17.0. The van der Waals surface area contributed by atoms with Gasteiger partial charge in [0, 0.05) is 25.3 Å². The summed E-state index contributed by atoms with van der Waals surface area (Å²) in [6.45, 7) is 1.66. The Bertz CT molecular complexity index is 1060. The van der Waals surface area contributed by atoms with Crippen molar-refractivity contribution in [2.24, 2.45) is 0 Å². The minimum Gasteiger partial charge on any atom is -0.381 e. The Morgan fingerprint density at radius 1 is 0.903 bits per heavy atom. The molecule has 0 fully saturated rings. The molecule has 0 aromatic heterocycles. The summed E-state index contributed by atoms with van der Waals surface area (Å²) in [6, 6.07) is 20.9. The number of rotatable bonds is 5. The van der Waals surface area contributed by atoms with E-state index in [-0.39, 0.29) is 12.5 Å². The first-order valence-electron chi connectivity index (χ1n) is 10.2. The van der Waals surface area contributed by atoms with E-state index < -0.39 is 11.7 Å². The predicted octanol–water partition coefficient (Wildman–Crippen LogP) is 5.44. The van der Waals surface area contributed by atoms with Crippen molar-refractivity contribution in [1.82, 2.24) is 4.90 Å². The summed E-state index contributed by atoms with van der Waals surface area (Å²) >= 11 is 0. The second-order valence-electron chi connectivity index (χ2n) is 7.76. The number of nitrogens with zero attached hydrogens (tertiary/aromatic N) is 1. The highest BCUT2D eigenvalue weighted by Crippen LogP contribution is 2.29. The molecule has 1 N–H and O–H groups in total. The number of fused-ring (bicyclic) bond motifs is 1. The van der Waals surface area contributed by atoms with Gasteiger partial charge in [0.15, 0.2) is 0 Å². The van der Waals surface area contributed by atoms with Crippen molar-refractivity contribution in [3.05, 3.63) is 101 Å². The number of alkyl halides is 3. The van der Waals surface area contributed by atoms with Crippen molar-refractivity contribution < 1.29 is 18.0 Å². The van der Waals surface area contributed by atoms with E-state index >= 15 is 0 Å². The molecule has 4 rings (SSSR count). The molecule has 0 unspecified atom stereocenters. The van der Waals surface area contributed by atoms with E-state index in [0.29, 0.717) is 18.5 Å². The van der Waals surface area contributed by atoms with Crippen molar-refractivity contribution in [3.8, 4) is 0 Å². The lowest BCUT2D eigenvalue weighted by Gasteiger charge is -2.29. The number of benzene rings is 3. The number of halogens is 3. The van der Waals surface area contributed by atoms with E-state index in [2.05, 4.69) is 17.4 Å². The van der Waals surface area contributed by atoms with E-state index in [1.165, 1.54) is 17.2 Å². The highest BCUT2D eigenvalue weighted by Gasteiger charge is 2.30. The van der Waals surface area contributed by atoms with Crippen LogP contribution in [0.5, 0.6) is 0 Å². The van der Waals surface area contributed by atoms with E-state index in [1.54, 1.807) is 6.07 Å². The summed E-state index contributed by atoms with van der Waals surface area (Å²) in [5.41, 5.74) is 4.12. The number of carbonyl (C=O) groups is 1. The third kappa shape index (κ3) is 5.26. The standard InChI is InChI=1S/C25H23F3N2O/c26-25(27,28)22-7-3-4-19(14-22)16-29-23-10-8-18(9-11-23)15-24(31)30-13-12-20-5-1-2-6-21(20)17-30/h1-11,14,29H,12-13,15-17H2. The maximum Gasteiger partial charge on any atom is 0.416 e. The molecule has 3 aromatic carbocycles. The molecule has 1 aliphatic heterocycles. The number of hydrogen-bond donors (Lipinski definition) is 1. The zero-order valence-corrected chi connectivity index (χ0v) is 17.0. The van der Waals surface area contributed by atoms with E-state index in [0.717, 1.165) is 36.3 Å². The number of anilines is 1. The van der Waals surface area contributed by atoms with Gasteiger partial charge in [0.25, 0.3) is 0 Å². The van der Waals surface area contributed by atoms with Crippen LogP contribution in [0.25, 0.3) is 0 Å². The van der Waals surface area contributed by atoms with Crippen LogP contribution in [0.2, 0.25) is 0 Å². The van der Waals surface area contributed by atoms with Crippen molar-refractivity contribution in [3.63, 3.8) is 0 Å². The maximum absolute atomic E-state index is 12.8. The molecule has 3 aromatic rings. The number of nitrogens with one attached hydrogen (secondary N) is 1. The third-order valence-electron chi connectivity index (χ3n) is 5.54. The zero-order chi connectivity index (χ0) is 21.8. The average Bonchev–Trinajstić information content (AvgIpc) is 2.78. The normalized spacial score (nSPS) is 13.6. The summed E-state index contributed by atoms with van der Waals surface area (Å²) in [6.07, 6.45) is -3.14. The maximum atomic E-state index is 12.8. The van der Waals surface area contributed by atoms with Crippen LogP contribution in [-0.2, 0) is 36.9 Å². The van der Waals surface area contributed by atoms with Crippen LogP contribution in [0.1, 0.15) is 27.8 Å². The highest BCUT2D eigenvalue weighted by molar-refractivity contribution is 5.79. The monoisotopic (exact) mass is 424 g/mol. The van der Waals surface area contributed by atoms with Gasteiger partial charge >= 0.3 is 6.18 Å². The summed E-state index contributed by atoms with van der Waals surface area (Å²) in [5.74, 6) is 0.0965. The molecule has 0 spiro atoms. The van der Waals surface area contributed by atoms with E-state index in [9.17, 15) is 18.0 Å².